The van der Waals surface area contributed by atoms with Gasteiger partial charge in [0.25, 0.3) is 0 Å². The first-order valence-corrected chi connectivity index (χ1v) is 4.05. The second kappa shape index (κ2) is 7.30. The van der Waals surface area contributed by atoms with Gasteiger partial charge in [-0.3, -0.25) is 0 Å². The molecule has 1 N–H and O–H groups in total. The Hall–Kier alpha value is -0.810. The molecule has 0 amide bonds. The van der Waals surface area contributed by atoms with Crippen molar-refractivity contribution in [2.45, 2.75) is 32.6 Å². The van der Waals surface area contributed by atoms with E-state index in [1.165, 1.54) is 12.8 Å². The predicted octanol–water partition coefficient (Wildman–Crippen LogP) is 2.01. The maximum Gasteiger partial charge on any atom is 0.0968 e. The third-order valence-electron chi connectivity index (χ3n) is 1.51. The molecular weight excluding hydrogens is 138 g/mol. The lowest BCUT2D eigenvalue weighted by atomic mass is 10.1. The van der Waals surface area contributed by atoms with Crippen molar-refractivity contribution >= 4 is 0 Å². The zero-order chi connectivity index (χ0) is 8.53. The van der Waals surface area contributed by atoms with Crippen molar-refractivity contribution in [2.75, 3.05) is 6.61 Å². The van der Waals surface area contributed by atoms with E-state index in [2.05, 4.69) is 6.92 Å². The number of aliphatic hydroxyl groups is 1. The van der Waals surface area contributed by atoms with Gasteiger partial charge in [0, 0.05) is 0 Å². The summed E-state index contributed by atoms with van der Waals surface area (Å²) in [5, 5.41) is 17.0. The number of rotatable bonds is 5. The van der Waals surface area contributed by atoms with E-state index in [0.717, 1.165) is 12.8 Å². The minimum atomic E-state index is -0.122. The minimum absolute atomic E-state index is 0.122. The topological polar surface area (TPSA) is 44.0 Å². The molecule has 0 aliphatic rings. The normalized spacial score (nSPS) is 11.2. The van der Waals surface area contributed by atoms with Crippen LogP contribution >= 0.6 is 0 Å². The van der Waals surface area contributed by atoms with E-state index < -0.39 is 0 Å². The Kier molecular flexibility index (Phi) is 6.76. The first kappa shape index (κ1) is 10.2. The van der Waals surface area contributed by atoms with E-state index in [0.29, 0.717) is 5.57 Å². The van der Waals surface area contributed by atoms with Crippen LogP contribution in [0.25, 0.3) is 0 Å². The maximum absolute atomic E-state index is 8.59. The molecule has 0 saturated heterocycles. The summed E-state index contributed by atoms with van der Waals surface area (Å²) in [7, 11) is 0. The molecule has 0 aliphatic carbocycles. The molecule has 62 valence electrons. The lowest BCUT2D eigenvalue weighted by Crippen LogP contribution is -1.85. The summed E-state index contributed by atoms with van der Waals surface area (Å²) in [6.45, 7) is 2.02. The highest BCUT2D eigenvalue weighted by Gasteiger charge is 1.90. The second-order valence-electron chi connectivity index (χ2n) is 2.50. The summed E-state index contributed by atoms with van der Waals surface area (Å²) in [6, 6.07) is 1.94. The van der Waals surface area contributed by atoms with Crippen LogP contribution < -0.4 is 0 Å². The molecule has 11 heavy (non-hydrogen) atoms. The van der Waals surface area contributed by atoms with Crippen molar-refractivity contribution in [3.05, 3.63) is 11.6 Å². The second-order valence-corrected chi connectivity index (χ2v) is 2.50. The van der Waals surface area contributed by atoms with Gasteiger partial charge >= 0.3 is 0 Å². The Morgan fingerprint density at radius 2 is 2.27 bits per heavy atom. The first-order chi connectivity index (χ1) is 5.35. The highest BCUT2D eigenvalue weighted by molar-refractivity contribution is 5.20. The Morgan fingerprint density at radius 3 is 2.73 bits per heavy atom. The van der Waals surface area contributed by atoms with Crippen LogP contribution in [0.3, 0.4) is 0 Å². The summed E-state index contributed by atoms with van der Waals surface area (Å²) in [5.41, 5.74) is 0.487. The fourth-order valence-corrected chi connectivity index (χ4v) is 0.816. The van der Waals surface area contributed by atoms with Gasteiger partial charge in [-0.15, -0.1) is 0 Å². The highest BCUT2D eigenvalue weighted by atomic mass is 16.3. The average Bonchev–Trinajstić information content (AvgIpc) is 2.05. The van der Waals surface area contributed by atoms with E-state index >= 15 is 0 Å². The third kappa shape index (κ3) is 5.63. The first-order valence-electron chi connectivity index (χ1n) is 4.05. The van der Waals surface area contributed by atoms with Crippen LogP contribution in [-0.4, -0.2) is 11.7 Å². The molecule has 0 aromatic carbocycles. The average molecular weight is 153 g/mol. The number of nitrogens with zero attached hydrogens (tertiary/aromatic N) is 1. The molecule has 0 fully saturated rings. The fourth-order valence-electron chi connectivity index (χ4n) is 0.816. The molecular formula is C9H15NO. The van der Waals surface area contributed by atoms with Gasteiger partial charge < -0.3 is 5.11 Å². The highest BCUT2D eigenvalue weighted by Crippen LogP contribution is 2.02. The summed E-state index contributed by atoms with van der Waals surface area (Å²) < 4.78 is 0. The molecule has 2 heteroatoms. The van der Waals surface area contributed by atoms with Gasteiger partial charge in [0.1, 0.15) is 0 Å². The number of hydrogen-bond donors (Lipinski definition) is 1. The van der Waals surface area contributed by atoms with Crippen molar-refractivity contribution in [3.8, 4) is 6.07 Å². The van der Waals surface area contributed by atoms with Gasteiger partial charge in [-0.2, -0.15) is 5.26 Å². The molecule has 0 radical (unpaired) electrons. The summed E-state index contributed by atoms with van der Waals surface area (Å²) >= 11 is 0. The van der Waals surface area contributed by atoms with Gasteiger partial charge in [0.15, 0.2) is 0 Å². The Bertz CT molecular complexity index is 155. The SMILES string of the molecule is CCCCC/C=C(\C#N)CO. The number of hydrogen-bond acceptors (Lipinski definition) is 2. The standard InChI is InChI=1S/C9H15NO/c1-2-3-4-5-6-9(7-10)8-11/h6,11H,2-5,8H2,1H3/b9-6+. The van der Waals surface area contributed by atoms with E-state index in [1.54, 1.807) is 0 Å². The molecule has 0 atom stereocenters. The zero-order valence-electron chi connectivity index (χ0n) is 7.01. The van der Waals surface area contributed by atoms with Gasteiger partial charge in [0.05, 0.1) is 18.2 Å². The summed E-state index contributed by atoms with van der Waals surface area (Å²) in [6.07, 6.45) is 6.23. The summed E-state index contributed by atoms with van der Waals surface area (Å²) in [5.74, 6) is 0. The smallest absolute Gasteiger partial charge is 0.0968 e. The number of unbranched alkanes of at least 4 members (excludes halogenated alkanes) is 3. The molecule has 0 aromatic rings. The van der Waals surface area contributed by atoms with Crippen LogP contribution in [0.2, 0.25) is 0 Å². The van der Waals surface area contributed by atoms with Crippen molar-refractivity contribution in [2.24, 2.45) is 0 Å². The summed E-state index contributed by atoms with van der Waals surface area (Å²) in [4.78, 5) is 0. The molecule has 0 heterocycles. The molecule has 0 bridgehead atoms. The Labute approximate surface area is 68.2 Å². The predicted molar refractivity (Wildman–Crippen MR) is 44.9 cm³/mol. The van der Waals surface area contributed by atoms with Crippen molar-refractivity contribution in [3.63, 3.8) is 0 Å². The van der Waals surface area contributed by atoms with Gasteiger partial charge in [0.2, 0.25) is 0 Å². The van der Waals surface area contributed by atoms with Gasteiger partial charge in [-0.1, -0.05) is 25.8 Å². The molecule has 0 unspecified atom stereocenters. The fraction of sp³-hybridized carbons (Fsp3) is 0.667. The molecule has 0 aromatic heterocycles. The van der Waals surface area contributed by atoms with Crippen LogP contribution in [0.15, 0.2) is 11.6 Å². The minimum Gasteiger partial charge on any atom is -0.391 e. The molecule has 0 spiro atoms. The number of allylic oxidation sites excluding steroid dienone is 1. The Morgan fingerprint density at radius 1 is 1.55 bits per heavy atom. The van der Waals surface area contributed by atoms with E-state index in [9.17, 15) is 0 Å². The number of nitriles is 1. The van der Waals surface area contributed by atoms with Gasteiger partial charge in [-0.25, -0.2) is 0 Å². The Balaban J connectivity index is 3.47. The largest absolute Gasteiger partial charge is 0.391 e. The van der Waals surface area contributed by atoms with E-state index in [4.69, 9.17) is 10.4 Å². The third-order valence-corrected chi connectivity index (χ3v) is 1.51. The lowest BCUT2D eigenvalue weighted by Gasteiger charge is -1.93. The lowest BCUT2D eigenvalue weighted by molar-refractivity contribution is 0.335. The quantitative estimate of drug-likeness (QED) is 0.485. The molecule has 0 aliphatic heterocycles. The number of aliphatic hydroxyl groups excluding tert-OH is 1. The monoisotopic (exact) mass is 153 g/mol. The molecule has 0 rings (SSSR count). The van der Waals surface area contributed by atoms with Crippen molar-refractivity contribution in [1.29, 1.82) is 5.26 Å². The van der Waals surface area contributed by atoms with Crippen LogP contribution in [0, 0.1) is 11.3 Å². The zero-order valence-corrected chi connectivity index (χ0v) is 7.01. The van der Waals surface area contributed by atoms with Crippen molar-refractivity contribution < 1.29 is 5.11 Å². The van der Waals surface area contributed by atoms with Crippen LogP contribution in [0.5, 0.6) is 0 Å². The van der Waals surface area contributed by atoms with E-state index in [1.807, 2.05) is 12.1 Å². The van der Waals surface area contributed by atoms with Crippen LogP contribution in [0.1, 0.15) is 32.6 Å². The van der Waals surface area contributed by atoms with Crippen LogP contribution in [-0.2, 0) is 0 Å². The molecule has 0 saturated carbocycles. The van der Waals surface area contributed by atoms with E-state index in [-0.39, 0.29) is 6.61 Å². The van der Waals surface area contributed by atoms with Gasteiger partial charge in [-0.05, 0) is 12.8 Å². The molecule has 2 nitrogen and oxygen atoms in total. The van der Waals surface area contributed by atoms with Crippen molar-refractivity contribution in [1.82, 2.24) is 0 Å². The van der Waals surface area contributed by atoms with Crippen LogP contribution in [0.4, 0.5) is 0 Å². The maximum atomic E-state index is 8.59.